The summed E-state index contributed by atoms with van der Waals surface area (Å²) < 4.78 is 5.81. The largest absolute Gasteiger partial charge is 0.441 e. The van der Waals surface area contributed by atoms with Crippen LogP contribution in [0, 0.1) is 6.92 Å². The van der Waals surface area contributed by atoms with Crippen molar-refractivity contribution in [1.82, 2.24) is 10.3 Å². The van der Waals surface area contributed by atoms with Crippen LogP contribution in [-0.2, 0) is 6.42 Å². The summed E-state index contributed by atoms with van der Waals surface area (Å²) in [5, 5.41) is 3.43. The second-order valence-electron chi connectivity index (χ2n) is 5.86. The Kier molecular flexibility index (Phi) is 4.05. The third-order valence-corrected chi connectivity index (χ3v) is 2.96. The predicted octanol–water partition coefficient (Wildman–Crippen LogP) is 3.58. The first-order valence-corrected chi connectivity index (χ1v) is 6.71. The second-order valence-corrected chi connectivity index (χ2v) is 5.86. The minimum Gasteiger partial charge on any atom is -0.441 e. The fraction of sp³-hybridized carbons (Fsp3) is 0.438. The Hall–Kier alpha value is -1.61. The number of nitrogens with one attached hydrogen (secondary N) is 1. The molecule has 1 aromatic heterocycles. The average Bonchev–Trinajstić information content (AvgIpc) is 2.76. The summed E-state index contributed by atoms with van der Waals surface area (Å²) in [6, 6.07) is 8.20. The van der Waals surface area contributed by atoms with E-state index in [-0.39, 0.29) is 5.54 Å². The van der Waals surface area contributed by atoms with Gasteiger partial charge in [0.15, 0.2) is 11.7 Å². The van der Waals surface area contributed by atoms with Crippen LogP contribution >= 0.6 is 0 Å². The van der Waals surface area contributed by atoms with Gasteiger partial charge in [-0.3, -0.25) is 0 Å². The molecule has 1 N–H and O–H groups in total. The molecule has 2 rings (SSSR count). The van der Waals surface area contributed by atoms with E-state index in [1.807, 2.05) is 18.3 Å². The molecule has 102 valence electrons. The molecule has 0 aliphatic rings. The summed E-state index contributed by atoms with van der Waals surface area (Å²) in [6.07, 6.45) is 2.62. The molecule has 0 unspecified atom stereocenters. The zero-order chi connectivity index (χ0) is 13.9. The van der Waals surface area contributed by atoms with Crippen molar-refractivity contribution in [3.8, 4) is 11.3 Å². The van der Waals surface area contributed by atoms with Gasteiger partial charge in [0.25, 0.3) is 0 Å². The number of rotatable bonds is 4. The van der Waals surface area contributed by atoms with Gasteiger partial charge in [0.2, 0.25) is 0 Å². The van der Waals surface area contributed by atoms with Gasteiger partial charge in [0.1, 0.15) is 0 Å². The maximum atomic E-state index is 5.81. The molecule has 2 aromatic rings. The van der Waals surface area contributed by atoms with E-state index in [2.05, 4.69) is 50.1 Å². The highest BCUT2D eigenvalue weighted by Crippen LogP contribution is 2.23. The molecule has 0 saturated heterocycles. The van der Waals surface area contributed by atoms with E-state index < -0.39 is 0 Å². The zero-order valence-corrected chi connectivity index (χ0v) is 12.2. The first kappa shape index (κ1) is 13.8. The van der Waals surface area contributed by atoms with Gasteiger partial charge in [0, 0.05) is 24.1 Å². The van der Waals surface area contributed by atoms with Crippen molar-refractivity contribution < 1.29 is 4.42 Å². The molecule has 0 radical (unpaired) electrons. The normalized spacial score (nSPS) is 11.8. The van der Waals surface area contributed by atoms with E-state index in [4.69, 9.17) is 4.42 Å². The van der Waals surface area contributed by atoms with Gasteiger partial charge in [0.05, 0.1) is 6.20 Å². The van der Waals surface area contributed by atoms with Crippen LogP contribution in [-0.4, -0.2) is 17.1 Å². The third kappa shape index (κ3) is 3.93. The maximum absolute atomic E-state index is 5.81. The summed E-state index contributed by atoms with van der Waals surface area (Å²) in [6.45, 7) is 9.42. The highest BCUT2D eigenvalue weighted by Gasteiger charge is 2.11. The number of benzene rings is 1. The van der Waals surface area contributed by atoms with Crippen LogP contribution in [0.2, 0.25) is 0 Å². The molecule has 0 spiro atoms. The van der Waals surface area contributed by atoms with Gasteiger partial charge < -0.3 is 9.73 Å². The topological polar surface area (TPSA) is 38.1 Å². The third-order valence-electron chi connectivity index (χ3n) is 2.96. The molecule has 0 amide bonds. The van der Waals surface area contributed by atoms with Gasteiger partial charge >= 0.3 is 0 Å². The molecule has 3 nitrogen and oxygen atoms in total. The highest BCUT2D eigenvalue weighted by molar-refractivity contribution is 5.60. The molecule has 0 saturated carbocycles. The van der Waals surface area contributed by atoms with E-state index in [9.17, 15) is 0 Å². The standard InChI is InChI=1S/C16H22N2O/c1-12-7-5-6-8-13(12)14-11-17-15(19-14)9-10-18-16(2,3)4/h5-8,11,18H,9-10H2,1-4H3. The average molecular weight is 258 g/mol. The van der Waals surface area contributed by atoms with Gasteiger partial charge in [-0.1, -0.05) is 24.3 Å². The molecule has 0 aliphatic carbocycles. The van der Waals surface area contributed by atoms with E-state index in [0.29, 0.717) is 0 Å². The molecule has 0 fully saturated rings. The molecular weight excluding hydrogens is 236 g/mol. The van der Waals surface area contributed by atoms with Crippen molar-refractivity contribution in [2.24, 2.45) is 0 Å². The number of aromatic nitrogens is 1. The lowest BCUT2D eigenvalue weighted by atomic mass is 10.1. The first-order valence-electron chi connectivity index (χ1n) is 6.71. The lowest BCUT2D eigenvalue weighted by molar-refractivity contribution is 0.412. The summed E-state index contributed by atoms with van der Waals surface area (Å²) in [4.78, 5) is 4.35. The Morgan fingerprint density at radius 3 is 2.63 bits per heavy atom. The lowest BCUT2D eigenvalue weighted by Crippen LogP contribution is -2.37. The Morgan fingerprint density at radius 2 is 1.95 bits per heavy atom. The first-order chi connectivity index (χ1) is 8.96. The minimum atomic E-state index is 0.130. The Morgan fingerprint density at radius 1 is 1.21 bits per heavy atom. The molecule has 0 atom stereocenters. The van der Waals surface area contributed by atoms with Crippen molar-refractivity contribution >= 4 is 0 Å². The van der Waals surface area contributed by atoms with E-state index in [1.54, 1.807) is 0 Å². The maximum Gasteiger partial charge on any atom is 0.196 e. The van der Waals surface area contributed by atoms with Crippen molar-refractivity contribution in [1.29, 1.82) is 0 Å². The van der Waals surface area contributed by atoms with Gasteiger partial charge in [-0.15, -0.1) is 0 Å². The number of hydrogen-bond donors (Lipinski definition) is 1. The second kappa shape index (κ2) is 5.57. The van der Waals surface area contributed by atoms with Crippen molar-refractivity contribution in [3.63, 3.8) is 0 Å². The SMILES string of the molecule is Cc1ccccc1-c1cnc(CCNC(C)(C)C)o1. The fourth-order valence-electron chi connectivity index (χ4n) is 1.94. The van der Waals surface area contributed by atoms with E-state index in [1.165, 1.54) is 5.56 Å². The Labute approximate surface area is 115 Å². The Bertz CT molecular complexity index is 538. The van der Waals surface area contributed by atoms with E-state index in [0.717, 1.165) is 30.2 Å². The molecule has 0 bridgehead atoms. The fourth-order valence-corrected chi connectivity index (χ4v) is 1.94. The zero-order valence-electron chi connectivity index (χ0n) is 12.2. The lowest BCUT2D eigenvalue weighted by Gasteiger charge is -2.19. The monoisotopic (exact) mass is 258 g/mol. The van der Waals surface area contributed by atoms with Crippen molar-refractivity contribution in [2.75, 3.05) is 6.54 Å². The summed E-state index contributed by atoms with van der Waals surface area (Å²) in [5.74, 6) is 1.64. The quantitative estimate of drug-likeness (QED) is 0.911. The molecule has 1 aromatic carbocycles. The smallest absolute Gasteiger partial charge is 0.196 e. The number of oxazole rings is 1. The van der Waals surface area contributed by atoms with Gasteiger partial charge in [-0.25, -0.2) is 4.98 Å². The molecule has 1 heterocycles. The molecule has 3 heteroatoms. The van der Waals surface area contributed by atoms with E-state index >= 15 is 0 Å². The van der Waals surface area contributed by atoms with Gasteiger partial charge in [-0.05, 0) is 33.3 Å². The number of aryl methyl sites for hydroxylation is 1. The number of hydrogen-bond acceptors (Lipinski definition) is 3. The summed E-state index contributed by atoms with van der Waals surface area (Å²) >= 11 is 0. The van der Waals surface area contributed by atoms with Gasteiger partial charge in [-0.2, -0.15) is 0 Å². The van der Waals surface area contributed by atoms with Crippen LogP contribution in [0.5, 0.6) is 0 Å². The highest BCUT2D eigenvalue weighted by atomic mass is 16.4. The van der Waals surface area contributed by atoms with Crippen LogP contribution in [0.1, 0.15) is 32.2 Å². The van der Waals surface area contributed by atoms with Crippen LogP contribution in [0.4, 0.5) is 0 Å². The molecule has 0 aliphatic heterocycles. The number of nitrogens with zero attached hydrogens (tertiary/aromatic N) is 1. The van der Waals surface area contributed by atoms with Crippen LogP contribution in [0.3, 0.4) is 0 Å². The van der Waals surface area contributed by atoms with Crippen molar-refractivity contribution in [2.45, 2.75) is 39.7 Å². The van der Waals surface area contributed by atoms with Crippen LogP contribution < -0.4 is 5.32 Å². The van der Waals surface area contributed by atoms with Crippen molar-refractivity contribution in [3.05, 3.63) is 41.9 Å². The molecule has 19 heavy (non-hydrogen) atoms. The molecular formula is C16H22N2O. The Balaban J connectivity index is 2.02. The predicted molar refractivity (Wildman–Crippen MR) is 78.1 cm³/mol. The van der Waals surface area contributed by atoms with Crippen LogP contribution in [0.25, 0.3) is 11.3 Å². The minimum absolute atomic E-state index is 0.130. The van der Waals surface area contributed by atoms with Crippen LogP contribution in [0.15, 0.2) is 34.9 Å². The summed E-state index contributed by atoms with van der Waals surface area (Å²) in [5.41, 5.74) is 2.45. The summed E-state index contributed by atoms with van der Waals surface area (Å²) in [7, 11) is 0.